The van der Waals surface area contributed by atoms with Crippen molar-refractivity contribution in [2.24, 2.45) is 0 Å². The van der Waals surface area contributed by atoms with Gasteiger partial charge in [0.15, 0.2) is 0 Å². The van der Waals surface area contributed by atoms with E-state index in [1.807, 2.05) is 17.5 Å². The first-order valence-corrected chi connectivity index (χ1v) is 6.53. The second-order valence-electron chi connectivity index (χ2n) is 3.42. The van der Waals surface area contributed by atoms with Crippen LogP contribution in [0.25, 0.3) is 0 Å². The molecule has 1 unspecified atom stereocenters. The molecule has 0 bridgehead atoms. The van der Waals surface area contributed by atoms with Crippen LogP contribution in [0.2, 0.25) is 0 Å². The number of carbonyl (C=O) groups is 1. The molecule has 0 fully saturated rings. The number of nitrogens with one attached hydrogen (secondary N) is 1. The van der Waals surface area contributed by atoms with E-state index in [-0.39, 0.29) is 0 Å². The van der Waals surface area contributed by atoms with Crippen LogP contribution in [0.15, 0.2) is 21.7 Å². The summed E-state index contributed by atoms with van der Waals surface area (Å²) in [4.78, 5) is 11.0. The number of hydrogen-bond donors (Lipinski definition) is 2. The topological polar surface area (TPSA) is 49.3 Å². The van der Waals surface area contributed by atoms with Crippen LogP contribution in [0, 0.1) is 0 Å². The number of thioether (sulfide) groups is 1. The zero-order valence-electron chi connectivity index (χ0n) is 8.82. The molecule has 0 saturated heterocycles. The number of hydrogen-bond acceptors (Lipinski definition) is 4. The highest BCUT2D eigenvalue weighted by atomic mass is 32.2. The molecule has 1 aromatic heterocycles. The molecule has 84 valence electrons. The molecule has 3 nitrogen and oxygen atoms in total. The van der Waals surface area contributed by atoms with Crippen LogP contribution in [0.1, 0.15) is 13.3 Å². The standard InChI is InChI=1S/C10H15NO2S2/c1-10(11-2,9(12)13)5-7-15-8-4-3-6-14-8/h3-4,6,11H,5,7H2,1-2H3,(H,12,13). The van der Waals surface area contributed by atoms with E-state index >= 15 is 0 Å². The van der Waals surface area contributed by atoms with Gasteiger partial charge in [0.2, 0.25) is 0 Å². The Kier molecular flexibility index (Phi) is 4.63. The predicted molar refractivity (Wildman–Crippen MR) is 64.8 cm³/mol. The maximum Gasteiger partial charge on any atom is 0.323 e. The van der Waals surface area contributed by atoms with E-state index in [0.29, 0.717) is 6.42 Å². The molecular formula is C10H15NO2S2. The van der Waals surface area contributed by atoms with Gasteiger partial charge < -0.3 is 10.4 Å². The van der Waals surface area contributed by atoms with Crippen molar-refractivity contribution in [1.82, 2.24) is 5.32 Å². The lowest BCUT2D eigenvalue weighted by Crippen LogP contribution is -2.47. The van der Waals surface area contributed by atoms with Crippen molar-refractivity contribution in [3.63, 3.8) is 0 Å². The Balaban J connectivity index is 2.38. The monoisotopic (exact) mass is 245 g/mol. The quantitative estimate of drug-likeness (QED) is 0.755. The van der Waals surface area contributed by atoms with Crippen LogP contribution in [0.3, 0.4) is 0 Å². The van der Waals surface area contributed by atoms with Gasteiger partial charge in [-0.05, 0) is 31.8 Å². The summed E-state index contributed by atoms with van der Waals surface area (Å²) in [6.07, 6.45) is 0.612. The molecule has 0 aliphatic carbocycles. The van der Waals surface area contributed by atoms with Crippen molar-refractivity contribution in [3.8, 4) is 0 Å². The third-order valence-corrected chi connectivity index (χ3v) is 4.50. The molecule has 2 N–H and O–H groups in total. The summed E-state index contributed by atoms with van der Waals surface area (Å²) in [7, 11) is 1.68. The molecule has 15 heavy (non-hydrogen) atoms. The van der Waals surface area contributed by atoms with Crippen LogP contribution >= 0.6 is 23.1 Å². The second kappa shape index (κ2) is 5.53. The lowest BCUT2D eigenvalue weighted by atomic mass is 10.00. The smallest absolute Gasteiger partial charge is 0.323 e. The fourth-order valence-corrected chi connectivity index (χ4v) is 3.06. The number of likely N-dealkylation sites (N-methyl/N-ethyl adjacent to an activating group) is 1. The summed E-state index contributed by atoms with van der Waals surface area (Å²) in [5, 5.41) is 13.9. The summed E-state index contributed by atoms with van der Waals surface area (Å²) in [5.41, 5.74) is -0.815. The molecule has 0 saturated carbocycles. The van der Waals surface area contributed by atoms with Crippen LogP contribution < -0.4 is 5.32 Å². The molecule has 1 rings (SSSR count). The number of carboxylic acids is 1. The number of aliphatic carboxylic acids is 1. The number of rotatable bonds is 6. The average Bonchev–Trinajstić information content (AvgIpc) is 2.70. The third-order valence-electron chi connectivity index (χ3n) is 2.37. The molecular weight excluding hydrogens is 230 g/mol. The molecule has 0 aromatic carbocycles. The van der Waals surface area contributed by atoms with Crippen molar-refractivity contribution in [2.45, 2.75) is 23.1 Å². The average molecular weight is 245 g/mol. The van der Waals surface area contributed by atoms with E-state index in [1.54, 1.807) is 37.1 Å². The van der Waals surface area contributed by atoms with Crippen LogP contribution in [0.5, 0.6) is 0 Å². The van der Waals surface area contributed by atoms with E-state index in [4.69, 9.17) is 5.11 Å². The van der Waals surface area contributed by atoms with Gasteiger partial charge in [-0.25, -0.2) is 0 Å². The zero-order chi connectivity index (χ0) is 11.3. The Bertz CT molecular complexity index is 313. The molecule has 0 spiro atoms. The molecule has 0 amide bonds. The molecule has 0 radical (unpaired) electrons. The SMILES string of the molecule is CNC(C)(CCSc1cccs1)C(=O)O. The van der Waals surface area contributed by atoms with E-state index < -0.39 is 11.5 Å². The van der Waals surface area contributed by atoms with Crippen molar-refractivity contribution < 1.29 is 9.90 Å². The van der Waals surface area contributed by atoms with Crippen molar-refractivity contribution in [2.75, 3.05) is 12.8 Å². The van der Waals surface area contributed by atoms with Crippen LogP contribution in [-0.2, 0) is 4.79 Å². The van der Waals surface area contributed by atoms with E-state index in [9.17, 15) is 4.79 Å². The lowest BCUT2D eigenvalue weighted by molar-refractivity contribution is -0.144. The van der Waals surface area contributed by atoms with Gasteiger partial charge in [0.25, 0.3) is 0 Å². The highest BCUT2D eigenvalue weighted by Crippen LogP contribution is 2.25. The molecule has 1 aromatic rings. The predicted octanol–water partition coefficient (Wildman–Crippen LogP) is 2.29. The summed E-state index contributed by atoms with van der Waals surface area (Å²) in [6.45, 7) is 1.71. The molecule has 0 aliphatic heterocycles. The maximum atomic E-state index is 11.0. The Labute approximate surface area is 97.9 Å². The minimum Gasteiger partial charge on any atom is -0.480 e. The Morgan fingerprint density at radius 2 is 2.47 bits per heavy atom. The first kappa shape index (κ1) is 12.5. The molecule has 5 heteroatoms. The van der Waals surface area contributed by atoms with Gasteiger partial charge >= 0.3 is 5.97 Å². The first-order valence-electron chi connectivity index (χ1n) is 4.67. The van der Waals surface area contributed by atoms with Crippen LogP contribution in [-0.4, -0.2) is 29.4 Å². The summed E-state index contributed by atoms with van der Waals surface area (Å²) >= 11 is 3.39. The summed E-state index contributed by atoms with van der Waals surface area (Å²) in [6, 6.07) is 4.05. The zero-order valence-corrected chi connectivity index (χ0v) is 10.5. The normalized spacial score (nSPS) is 14.8. The van der Waals surface area contributed by atoms with Crippen molar-refractivity contribution in [3.05, 3.63) is 17.5 Å². The summed E-state index contributed by atoms with van der Waals surface area (Å²) < 4.78 is 1.24. The van der Waals surface area contributed by atoms with Crippen molar-refractivity contribution >= 4 is 29.1 Å². The second-order valence-corrected chi connectivity index (χ2v) is 5.76. The minimum absolute atomic E-state index is 0.612. The largest absolute Gasteiger partial charge is 0.480 e. The highest BCUT2D eigenvalue weighted by Gasteiger charge is 2.30. The Morgan fingerprint density at radius 3 is 2.93 bits per heavy atom. The van der Waals surface area contributed by atoms with E-state index in [0.717, 1.165) is 5.75 Å². The fraction of sp³-hybridized carbons (Fsp3) is 0.500. The van der Waals surface area contributed by atoms with Crippen LogP contribution in [0.4, 0.5) is 0 Å². The van der Waals surface area contributed by atoms with Gasteiger partial charge in [-0.3, -0.25) is 4.79 Å². The molecule has 1 atom stereocenters. The van der Waals surface area contributed by atoms with Gasteiger partial charge in [-0.2, -0.15) is 0 Å². The Hall–Kier alpha value is -0.520. The van der Waals surface area contributed by atoms with E-state index in [1.165, 1.54) is 4.21 Å². The third kappa shape index (κ3) is 3.52. The van der Waals surface area contributed by atoms with Crippen molar-refractivity contribution in [1.29, 1.82) is 0 Å². The van der Waals surface area contributed by atoms with Gasteiger partial charge in [0.05, 0.1) is 4.21 Å². The molecule has 0 aliphatic rings. The van der Waals surface area contributed by atoms with Gasteiger partial charge in [-0.15, -0.1) is 23.1 Å². The molecule has 1 heterocycles. The number of thiophene rings is 1. The van der Waals surface area contributed by atoms with E-state index in [2.05, 4.69) is 5.32 Å². The van der Waals surface area contributed by atoms with Gasteiger partial charge in [0, 0.05) is 5.75 Å². The van der Waals surface area contributed by atoms with Gasteiger partial charge in [-0.1, -0.05) is 6.07 Å². The fourth-order valence-electron chi connectivity index (χ4n) is 1.04. The summed E-state index contributed by atoms with van der Waals surface area (Å²) in [5.74, 6) is 0.0150. The number of carboxylic acid groups (broad SMARTS) is 1. The lowest BCUT2D eigenvalue weighted by Gasteiger charge is -2.23. The van der Waals surface area contributed by atoms with Gasteiger partial charge in [0.1, 0.15) is 5.54 Å². The first-order chi connectivity index (χ1) is 7.08. The highest BCUT2D eigenvalue weighted by molar-refractivity contribution is 8.01. The maximum absolute atomic E-state index is 11.0. The minimum atomic E-state index is -0.815. The Morgan fingerprint density at radius 1 is 1.73 bits per heavy atom.